The van der Waals surface area contributed by atoms with Gasteiger partial charge in [0.05, 0.1) is 5.69 Å². The molecule has 0 aliphatic rings. The van der Waals surface area contributed by atoms with Crippen LogP contribution in [0.2, 0.25) is 0 Å². The fourth-order valence-electron chi connectivity index (χ4n) is 0.547. The first-order chi connectivity index (χ1) is 4.61. The molecule has 0 saturated carbocycles. The summed E-state index contributed by atoms with van der Waals surface area (Å²) in [6, 6.07) is 1.26. The monoisotopic (exact) mass is 140 g/mol. The molecule has 0 bridgehead atoms. The quantitative estimate of drug-likeness (QED) is 0.389. The Morgan fingerprint density at radius 3 is 2.30 bits per heavy atom. The second-order valence-corrected chi connectivity index (χ2v) is 1.87. The molecule has 1 rings (SSSR count). The fraction of sp³-hybridized carbons (Fsp3) is 0. The molecule has 0 amide bonds. The van der Waals surface area contributed by atoms with E-state index in [1.165, 1.54) is 6.07 Å². The summed E-state index contributed by atoms with van der Waals surface area (Å²) in [4.78, 5) is 3.55. The summed E-state index contributed by atoms with van der Waals surface area (Å²) in [6.45, 7) is 0. The summed E-state index contributed by atoms with van der Waals surface area (Å²) in [5.74, 6) is -0.0197. The molecule has 5 nitrogen and oxygen atoms in total. The van der Waals surface area contributed by atoms with Gasteiger partial charge in [-0.3, -0.25) is 0 Å². The Balaban J connectivity index is 3.28. The highest BCUT2D eigenvalue weighted by atomic mass is 16.3. The van der Waals surface area contributed by atoms with Gasteiger partial charge in [0.15, 0.2) is 11.6 Å². The maximum atomic E-state index is 8.90. The lowest BCUT2D eigenvalue weighted by molar-refractivity contribution is 0.476. The normalized spacial score (nSPS) is 9.60. The zero-order valence-electron chi connectivity index (χ0n) is 5.20. The van der Waals surface area contributed by atoms with Crippen LogP contribution in [0, 0.1) is 0 Å². The standard InChI is InChI=1S/C5H8N4O/c6-2-1-3(10)5(8)9-4(2)7/h1,10H,6H2,(H4,7,8,9). The third kappa shape index (κ3) is 0.883. The number of aromatic nitrogens is 1. The van der Waals surface area contributed by atoms with Gasteiger partial charge in [-0.25, -0.2) is 4.98 Å². The van der Waals surface area contributed by atoms with Crippen molar-refractivity contribution in [2.75, 3.05) is 17.2 Å². The molecular formula is C5H8N4O. The third-order valence-electron chi connectivity index (χ3n) is 1.09. The van der Waals surface area contributed by atoms with E-state index >= 15 is 0 Å². The summed E-state index contributed by atoms with van der Waals surface area (Å²) in [6.07, 6.45) is 0. The molecule has 1 aromatic heterocycles. The molecule has 10 heavy (non-hydrogen) atoms. The van der Waals surface area contributed by atoms with Crippen molar-refractivity contribution in [3.05, 3.63) is 6.07 Å². The molecule has 1 heterocycles. The Morgan fingerprint density at radius 1 is 1.20 bits per heavy atom. The molecular weight excluding hydrogens is 132 g/mol. The first-order valence-electron chi connectivity index (χ1n) is 2.61. The first kappa shape index (κ1) is 6.47. The predicted molar refractivity (Wildman–Crippen MR) is 39.1 cm³/mol. The number of nitrogens with two attached hydrogens (primary N) is 3. The maximum absolute atomic E-state index is 8.90. The zero-order valence-corrected chi connectivity index (χ0v) is 5.20. The average molecular weight is 140 g/mol. The zero-order chi connectivity index (χ0) is 7.72. The van der Waals surface area contributed by atoms with Gasteiger partial charge in [0.2, 0.25) is 0 Å². The SMILES string of the molecule is Nc1cc(O)c(N)nc1N. The van der Waals surface area contributed by atoms with E-state index in [0.717, 1.165) is 0 Å². The molecule has 0 saturated heterocycles. The Kier molecular flexibility index (Phi) is 1.26. The molecule has 54 valence electrons. The van der Waals surface area contributed by atoms with Gasteiger partial charge in [-0.15, -0.1) is 0 Å². The first-order valence-corrected chi connectivity index (χ1v) is 2.61. The van der Waals surface area contributed by atoms with Crippen LogP contribution in [0.15, 0.2) is 6.07 Å². The van der Waals surface area contributed by atoms with E-state index in [1.54, 1.807) is 0 Å². The van der Waals surface area contributed by atoms with Crippen molar-refractivity contribution in [2.24, 2.45) is 0 Å². The minimum absolute atomic E-state index is 0.00769. The fourth-order valence-corrected chi connectivity index (χ4v) is 0.547. The van der Waals surface area contributed by atoms with Gasteiger partial charge in [0.1, 0.15) is 5.82 Å². The lowest BCUT2D eigenvalue weighted by atomic mass is 10.3. The number of rotatable bonds is 0. The van der Waals surface area contributed by atoms with E-state index in [1.807, 2.05) is 0 Å². The molecule has 1 aromatic rings. The Bertz CT molecular complexity index is 210. The van der Waals surface area contributed by atoms with Crippen LogP contribution in [0.4, 0.5) is 17.3 Å². The number of hydrogen-bond donors (Lipinski definition) is 4. The highest BCUT2D eigenvalue weighted by Crippen LogP contribution is 2.23. The lowest BCUT2D eigenvalue weighted by Gasteiger charge is -2.01. The third-order valence-corrected chi connectivity index (χ3v) is 1.09. The van der Waals surface area contributed by atoms with E-state index in [0.29, 0.717) is 0 Å². The summed E-state index contributed by atoms with van der Waals surface area (Å²) in [5, 5.41) is 8.90. The van der Waals surface area contributed by atoms with E-state index in [4.69, 9.17) is 22.3 Å². The number of nitrogen functional groups attached to an aromatic ring is 3. The predicted octanol–water partition coefficient (Wildman–Crippen LogP) is -0.466. The molecule has 0 spiro atoms. The highest BCUT2D eigenvalue weighted by Gasteiger charge is 2.01. The van der Waals surface area contributed by atoms with Gasteiger partial charge in [-0.05, 0) is 0 Å². The molecule has 0 atom stereocenters. The van der Waals surface area contributed by atoms with E-state index in [2.05, 4.69) is 4.98 Å². The van der Waals surface area contributed by atoms with Crippen LogP contribution in [-0.2, 0) is 0 Å². The van der Waals surface area contributed by atoms with Gasteiger partial charge in [0, 0.05) is 6.07 Å². The van der Waals surface area contributed by atoms with Crippen LogP contribution in [-0.4, -0.2) is 10.1 Å². The van der Waals surface area contributed by atoms with Crippen molar-refractivity contribution in [2.45, 2.75) is 0 Å². The molecule has 7 N–H and O–H groups in total. The van der Waals surface area contributed by atoms with Crippen LogP contribution in [0.5, 0.6) is 5.75 Å². The number of aromatic hydroxyl groups is 1. The largest absolute Gasteiger partial charge is 0.504 e. The molecule has 0 aliphatic heterocycles. The lowest BCUT2D eigenvalue weighted by Crippen LogP contribution is -2.00. The van der Waals surface area contributed by atoms with Crippen molar-refractivity contribution in [1.29, 1.82) is 0 Å². The minimum Gasteiger partial charge on any atom is -0.504 e. The van der Waals surface area contributed by atoms with Crippen LogP contribution in [0.25, 0.3) is 0 Å². The Hall–Kier alpha value is -1.65. The van der Waals surface area contributed by atoms with Crippen molar-refractivity contribution in [3.8, 4) is 5.75 Å². The van der Waals surface area contributed by atoms with Crippen molar-refractivity contribution in [3.63, 3.8) is 0 Å². The molecule has 0 aliphatic carbocycles. The van der Waals surface area contributed by atoms with Crippen LogP contribution < -0.4 is 17.2 Å². The van der Waals surface area contributed by atoms with Gasteiger partial charge in [-0.2, -0.15) is 0 Å². The van der Waals surface area contributed by atoms with Gasteiger partial charge < -0.3 is 22.3 Å². The molecule has 0 aromatic carbocycles. The summed E-state index contributed by atoms with van der Waals surface area (Å²) in [7, 11) is 0. The Labute approximate surface area is 57.5 Å². The van der Waals surface area contributed by atoms with E-state index in [9.17, 15) is 0 Å². The maximum Gasteiger partial charge on any atom is 0.168 e. The summed E-state index contributed by atoms with van der Waals surface area (Å²) in [5.41, 5.74) is 16.0. The van der Waals surface area contributed by atoms with Gasteiger partial charge in [-0.1, -0.05) is 0 Å². The van der Waals surface area contributed by atoms with E-state index < -0.39 is 0 Å². The second-order valence-electron chi connectivity index (χ2n) is 1.87. The highest BCUT2D eigenvalue weighted by molar-refractivity contribution is 5.65. The van der Waals surface area contributed by atoms with Crippen molar-refractivity contribution < 1.29 is 5.11 Å². The number of anilines is 3. The summed E-state index contributed by atoms with van der Waals surface area (Å²) < 4.78 is 0. The Morgan fingerprint density at radius 2 is 1.80 bits per heavy atom. The average Bonchev–Trinajstić information content (AvgIpc) is 1.84. The van der Waals surface area contributed by atoms with Crippen LogP contribution >= 0.6 is 0 Å². The van der Waals surface area contributed by atoms with Crippen LogP contribution in [0.1, 0.15) is 0 Å². The minimum atomic E-state index is -0.147. The second kappa shape index (κ2) is 1.94. The molecule has 0 unspecified atom stereocenters. The number of nitrogens with zero attached hydrogens (tertiary/aromatic N) is 1. The summed E-state index contributed by atoms with van der Waals surface area (Å²) >= 11 is 0. The topological polar surface area (TPSA) is 111 Å². The van der Waals surface area contributed by atoms with Crippen molar-refractivity contribution in [1.82, 2.24) is 4.98 Å². The molecule has 0 radical (unpaired) electrons. The van der Waals surface area contributed by atoms with E-state index in [-0.39, 0.29) is 23.1 Å². The smallest absolute Gasteiger partial charge is 0.168 e. The molecule has 5 heteroatoms. The number of pyridine rings is 1. The van der Waals surface area contributed by atoms with Crippen molar-refractivity contribution >= 4 is 17.3 Å². The number of hydrogen-bond acceptors (Lipinski definition) is 5. The van der Waals surface area contributed by atoms with Gasteiger partial charge in [0.25, 0.3) is 0 Å². The van der Waals surface area contributed by atoms with Crippen LogP contribution in [0.3, 0.4) is 0 Å². The van der Waals surface area contributed by atoms with Gasteiger partial charge >= 0.3 is 0 Å². The molecule has 0 fully saturated rings.